The highest BCUT2D eigenvalue weighted by Crippen LogP contribution is 2.21. The molecule has 0 spiro atoms. The smallest absolute Gasteiger partial charge is 0.326 e. The average Bonchev–Trinajstić information content (AvgIpc) is 2.87. The van der Waals surface area contributed by atoms with Crippen molar-refractivity contribution in [1.82, 2.24) is 9.80 Å². The number of aliphatic carboxylic acids is 1. The number of urea groups is 1. The number of amides is 2. The Morgan fingerprint density at radius 2 is 2.11 bits per heavy atom. The fourth-order valence-corrected chi connectivity index (χ4v) is 2.47. The molecule has 1 rings (SSSR count). The van der Waals surface area contributed by atoms with Crippen molar-refractivity contribution in [2.45, 2.75) is 65.0 Å². The van der Waals surface area contributed by atoms with E-state index in [0.717, 1.165) is 25.7 Å². The van der Waals surface area contributed by atoms with Crippen LogP contribution in [0, 0.1) is 0 Å². The second kappa shape index (κ2) is 7.36. The van der Waals surface area contributed by atoms with Crippen LogP contribution in [0.25, 0.3) is 0 Å². The van der Waals surface area contributed by atoms with Gasteiger partial charge in [-0.25, -0.2) is 9.59 Å². The first-order valence-corrected chi connectivity index (χ1v) is 7.32. The number of carboxylic acid groups (broad SMARTS) is 1. The summed E-state index contributed by atoms with van der Waals surface area (Å²) in [5.41, 5.74) is 0. The normalized spacial score (nSPS) is 20.4. The summed E-state index contributed by atoms with van der Waals surface area (Å²) in [4.78, 5) is 27.1. The van der Waals surface area contributed by atoms with Crippen LogP contribution in [-0.2, 0) is 4.79 Å². The van der Waals surface area contributed by atoms with Crippen LogP contribution in [0.3, 0.4) is 0 Å². The summed E-state index contributed by atoms with van der Waals surface area (Å²) in [5.74, 6) is -0.884. The molecule has 0 aromatic rings. The van der Waals surface area contributed by atoms with Crippen LogP contribution in [0.5, 0.6) is 0 Å². The van der Waals surface area contributed by atoms with Crippen LogP contribution in [0.15, 0.2) is 0 Å². The molecule has 0 aromatic heterocycles. The third-order valence-electron chi connectivity index (χ3n) is 3.90. The molecule has 5 heteroatoms. The standard InChI is InChI=1S/C14H26N2O3/c1-4-6-9-15(11(3)5-2)14(19)16-10-7-8-12(16)13(17)18/h11-12H,4-10H2,1-3H3,(H,17,18)/t11?,12-/m0/s1. The number of carbonyl (C=O) groups is 2. The molecule has 1 unspecified atom stereocenters. The Kier molecular flexibility index (Phi) is 6.12. The van der Waals surface area contributed by atoms with E-state index in [-0.39, 0.29) is 12.1 Å². The van der Waals surface area contributed by atoms with Gasteiger partial charge in [-0.2, -0.15) is 0 Å². The van der Waals surface area contributed by atoms with Gasteiger partial charge in [0.25, 0.3) is 0 Å². The topological polar surface area (TPSA) is 60.9 Å². The molecule has 1 saturated heterocycles. The van der Waals surface area contributed by atoms with Crippen LogP contribution >= 0.6 is 0 Å². The highest BCUT2D eigenvalue weighted by molar-refractivity contribution is 5.83. The van der Waals surface area contributed by atoms with Gasteiger partial charge in [-0.3, -0.25) is 0 Å². The fourth-order valence-electron chi connectivity index (χ4n) is 2.47. The zero-order valence-corrected chi connectivity index (χ0v) is 12.3. The number of unbranched alkanes of at least 4 members (excludes halogenated alkanes) is 1. The van der Waals surface area contributed by atoms with E-state index < -0.39 is 12.0 Å². The third-order valence-corrected chi connectivity index (χ3v) is 3.90. The summed E-state index contributed by atoms with van der Waals surface area (Å²) >= 11 is 0. The Hall–Kier alpha value is -1.26. The van der Waals surface area contributed by atoms with Crippen LogP contribution in [0.1, 0.15) is 52.9 Å². The molecule has 1 aliphatic rings. The quantitative estimate of drug-likeness (QED) is 0.807. The maximum absolute atomic E-state index is 12.6. The molecule has 0 aliphatic carbocycles. The maximum atomic E-state index is 12.6. The van der Waals surface area contributed by atoms with Gasteiger partial charge in [-0.15, -0.1) is 0 Å². The minimum absolute atomic E-state index is 0.104. The minimum Gasteiger partial charge on any atom is -0.480 e. The molecule has 0 radical (unpaired) electrons. The van der Waals surface area contributed by atoms with E-state index >= 15 is 0 Å². The highest BCUT2D eigenvalue weighted by atomic mass is 16.4. The van der Waals surface area contributed by atoms with Crippen molar-refractivity contribution in [3.63, 3.8) is 0 Å². The average molecular weight is 270 g/mol. The van der Waals surface area contributed by atoms with Gasteiger partial charge in [0.2, 0.25) is 0 Å². The maximum Gasteiger partial charge on any atom is 0.326 e. The predicted octanol–water partition coefficient (Wildman–Crippen LogP) is 2.56. The molecular weight excluding hydrogens is 244 g/mol. The Balaban J connectivity index is 2.77. The van der Waals surface area contributed by atoms with E-state index in [1.165, 1.54) is 4.90 Å². The molecule has 0 aromatic carbocycles. The molecule has 1 fully saturated rings. The first kappa shape index (κ1) is 15.8. The Labute approximate surface area is 115 Å². The van der Waals surface area contributed by atoms with Crippen molar-refractivity contribution in [2.75, 3.05) is 13.1 Å². The number of hydrogen-bond donors (Lipinski definition) is 1. The zero-order chi connectivity index (χ0) is 14.4. The van der Waals surface area contributed by atoms with Gasteiger partial charge >= 0.3 is 12.0 Å². The first-order chi connectivity index (χ1) is 9.02. The Bertz CT molecular complexity index is 320. The molecule has 110 valence electrons. The largest absolute Gasteiger partial charge is 0.480 e. The highest BCUT2D eigenvalue weighted by Gasteiger charge is 2.36. The van der Waals surface area contributed by atoms with E-state index in [2.05, 4.69) is 13.8 Å². The van der Waals surface area contributed by atoms with Gasteiger partial charge in [0.05, 0.1) is 0 Å². The van der Waals surface area contributed by atoms with Crippen molar-refractivity contribution >= 4 is 12.0 Å². The van der Waals surface area contributed by atoms with Gasteiger partial charge < -0.3 is 14.9 Å². The number of rotatable bonds is 6. The predicted molar refractivity (Wildman–Crippen MR) is 74.1 cm³/mol. The molecular formula is C14H26N2O3. The molecule has 1 heterocycles. The van der Waals surface area contributed by atoms with Crippen molar-refractivity contribution in [2.24, 2.45) is 0 Å². The Morgan fingerprint density at radius 1 is 1.42 bits per heavy atom. The SMILES string of the molecule is CCCCN(C(=O)N1CCC[C@H]1C(=O)O)C(C)CC. The van der Waals surface area contributed by atoms with Crippen molar-refractivity contribution in [1.29, 1.82) is 0 Å². The number of hydrogen-bond acceptors (Lipinski definition) is 2. The third kappa shape index (κ3) is 3.85. The summed E-state index contributed by atoms with van der Waals surface area (Å²) in [6.45, 7) is 7.45. The van der Waals surface area contributed by atoms with Crippen molar-refractivity contribution < 1.29 is 14.7 Å². The molecule has 0 bridgehead atoms. The van der Waals surface area contributed by atoms with Gasteiger partial charge in [0.15, 0.2) is 0 Å². The number of nitrogens with zero attached hydrogens (tertiary/aromatic N) is 2. The lowest BCUT2D eigenvalue weighted by Crippen LogP contribution is -2.51. The molecule has 1 aliphatic heterocycles. The fraction of sp³-hybridized carbons (Fsp3) is 0.857. The van der Waals surface area contributed by atoms with Gasteiger partial charge in [0, 0.05) is 19.1 Å². The van der Waals surface area contributed by atoms with Crippen molar-refractivity contribution in [3.05, 3.63) is 0 Å². The lowest BCUT2D eigenvalue weighted by atomic mass is 10.2. The van der Waals surface area contributed by atoms with E-state index in [1.807, 2.05) is 11.8 Å². The summed E-state index contributed by atoms with van der Waals surface area (Å²) in [5, 5.41) is 9.17. The first-order valence-electron chi connectivity index (χ1n) is 7.32. The zero-order valence-electron chi connectivity index (χ0n) is 12.3. The van der Waals surface area contributed by atoms with Gasteiger partial charge in [-0.05, 0) is 32.6 Å². The second-order valence-electron chi connectivity index (χ2n) is 5.28. The lowest BCUT2D eigenvalue weighted by molar-refractivity contribution is -0.141. The molecule has 2 atom stereocenters. The summed E-state index contributed by atoms with van der Waals surface area (Å²) in [7, 11) is 0. The molecule has 2 amide bonds. The van der Waals surface area contributed by atoms with Crippen molar-refractivity contribution in [3.8, 4) is 0 Å². The van der Waals surface area contributed by atoms with Crippen LogP contribution < -0.4 is 0 Å². The molecule has 0 saturated carbocycles. The number of carboxylic acids is 1. The van der Waals surface area contributed by atoms with Crippen LogP contribution in [0.4, 0.5) is 4.79 Å². The van der Waals surface area contributed by atoms with E-state index in [0.29, 0.717) is 19.5 Å². The molecule has 19 heavy (non-hydrogen) atoms. The summed E-state index contributed by atoms with van der Waals surface area (Å²) in [6, 6.07) is -0.581. The summed E-state index contributed by atoms with van der Waals surface area (Å²) < 4.78 is 0. The molecule has 5 nitrogen and oxygen atoms in total. The molecule has 1 N–H and O–H groups in total. The van der Waals surface area contributed by atoms with E-state index in [9.17, 15) is 14.7 Å². The van der Waals surface area contributed by atoms with Gasteiger partial charge in [-0.1, -0.05) is 20.3 Å². The number of carbonyl (C=O) groups excluding carboxylic acids is 1. The van der Waals surface area contributed by atoms with Crippen LogP contribution in [0.2, 0.25) is 0 Å². The van der Waals surface area contributed by atoms with E-state index in [1.54, 1.807) is 0 Å². The summed E-state index contributed by atoms with van der Waals surface area (Å²) in [6.07, 6.45) is 4.24. The number of likely N-dealkylation sites (tertiary alicyclic amines) is 1. The lowest BCUT2D eigenvalue weighted by Gasteiger charge is -2.34. The second-order valence-corrected chi connectivity index (χ2v) is 5.28. The van der Waals surface area contributed by atoms with Crippen LogP contribution in [-0.4, -0.2) is 52.1 Å². The van der Waals surface area contributed by atoms with E-state index in [4.69, 9.17) is 0 Å². The minimum atomic E-state index is -0.884. The monoisotopic (exact) mass is 270 g/mol. The van der Waals surface area contributed by atoms with Gasteiger partial charge in [0.1, 0.15) is 6.04 Å². The Morgan fingerprint density at radius 3 is 2.63 bits per heavy atom.